The van der Waals surface area contributed by atoms with E-state index in [0.717, 1.165) is 12.8 Å². The second-order valence-electron chi connectivity index (χ2n) is 8.24. The van der Waals surface area contributed by atoms with Gasteiger partial charge in [-0.05, 0) is 43.0 Å². The minimum Gasteiger partial charge on any atom is -0.505 e. The van der Waals surface area contributed by atoms with E-state index in [2.05, 4.69) is 10.6 Å². The number of phenols is 1. The number of ether oxygens (including phenoxy) is 1. The van der Waals surface area contributed by atoms with Gasteiger partial charge in [0, 0.05) is 24.3 Å². The summed E-state index contributed by atoms with van der Waals surface area (Å²) in [7, 11) is 0. The third-order valence-electron chi connectivity index (χ3n) is 6.03. The van der Waals surface area contributed by atoms with Crippen LogP contribution in [-0.4, -0.2) is 42.2 Å². The fourth-order valence-corrected chi connectivity index (χ4v) is 4.09. The average molecular weight is 451 g/mol. The number of morpholine rings is 1. The number of carbonyl (C=O) groups excluding carboxylic acids is 1. The Morgan fingerprint density at radius 1 is 0.970 bits per heavy atom. The van der Waals surface area contributed by atoms with E-state index in [4.69, 9.17) is 4.74 Å². The smallest absolute Gasteiger partial charge is 0.257 e. The van der Waals surface area contributed by atoms with Crippen LogP contribution in [0.15, 0.2) is 46.0 Å². The zero-order chi connectivity index (χ0) is 23.1. The molecule has 33 heavy (non-hydrogen) atoms. The zero-order valence-corrected chi connectivity index (χ0v) is 17.7. The number of benzene rings is 2. The molecule has 170 valence electrons. The lowest BCUT2D eigenvalue weighted by molar-refractivity contribution is 0.0301. The Kier molecular flexibility index (Phi) is 5.33. The number of hydrogen-bond donors (Lipinski definition) is 3. The summed E-state index contributed by atoms with van der Waals surface area (Å²) in [5.74, 6) is -0.944. The van der Waals surface area contributed by atoms with Crippen LogP contribution in [0.1, 0.15) is 34.7 Å². The van der Waals surface area contributed by atoms with Crippen LogP contribution in [0.3, 0.4) is 0 Å². The highest BCUT2D eigenvalue weighted by Gasteiger charge is 2.31. The van der Waals surface area contributed by atoms with Crippen molar-refractivity contribution in [1.82, 2.24) is 4.90 Å². The van der Waals surface area contributed by atoms with E-state index in [1.807, 2.05) is 0 Å². The fourth-order valence-electron chi connectivity index (χ4n) is 4.09. The first-order chi connectivity index (χ1) is 16.0. The van der Waals surface area contributed by atoms with Gasteiger partial charge in [-0.2, -0.15) is 0 Å². The van der Waals surface area contributed by atoms with Crippen molar-refractivity contribution in [3.8, 4) is 5.75 Å². The highest BCUT2D eigenvalue weighted by Crippen LogP contribution is 2.45. The number of phenolic OH excluding ortho intramolecular Hbond substituents is 1. The van der Waals surface area contributed by atoms with Crippen molar-refractivity contribution >= 4 is 28.7 Å². The first-order valence-corrected chi connectivity index (χ1v) is 10.8. The van der Waals surface area contributed by atoms with Gasteiger partial charge in [-0.25, -0.2) is 4.39 Å². The largest absolute Gasteiger partial charge is 0.505 e. The third kappa shape index (κ3) is 3.84. The second kappa shape index (κ2) is 8.32. The Balaban J connectivity index is 1.42. The first-order valence-electron chi connectivity index (χ1n) is 10.8. The Hall–Kier alpha value is -3.72. The van der Waals surface area contributed by atoms with Crippen LogP contribution in [0.5, 0.6) is 5.75 Å². The predicted molar refractivity (Wildman–Crippen MR) is 121 cm³/mol. The van der Waals surface area contributed by atoms with Crippen LogP contribution in [0.25, 0.3) is 0 Å². The monoisotopic (exact) mass is 451 g/mol. The van der Waals surface area contributed by atoms with E-state index in [1.54, 1.807) is 17.0 Å². The molecule has 2 aliphatic rings. The molecule has 1 saturated carbocycles. The highest BCUT2D eigenvalue weighted by atomic mass is 19.1. The molecular formula is C24H22FN3O5. The summed E-state index contributed by atoms with van der Waals surface area (Å²) in [4.78, 5) is 38.9. The van der Waals surface area contributed by atoms with Gasteiger partial charge in [-0.15, -0.1) is 0 Å². The lowest BCUT2D eigenvalue weighted by atomic mass is 10.1. The van der Waals surface area contributed by atoms with E-state index in [-0.39, 0.29) is 46.0 Å². The molecule has 0 radical (unpaired) electrons. The molecule has 2 fully saturated rings. The van der Waals surface area contributed by atoms with Crippen LogP contribution in [0, 0.1) is 5.82 Å². The van der Waals surface area contributed by atoms with Gasteiger partial charge >= 0.3 is 0 Å². The molecule has 1 aliphatic heterocycles. The Morgan fingerprint density at radius 3 is 2.24 bits per heavy atom. The van der Waals surface area contributed by atoms with Gasteiger partial charge in [0.2, 0.25) is 0 Å². The number of rotatable bonds is 6. The van der Waals surface area contributed by atoms with Crippen molar-refractivity contribution in [2.24, 2.45) is 0 Å². The zero-order valence-electron chi connectivity index (χ0n) is 17.7. The summed E-state index contributed by atoms with van der Waals surface area (Å²) in [5.41, 5.74) is -0.406. The molecule has 3 N–H and O–H groups in total. The van der Waals surface area contributed by atoms with Gasteiger partial charge in [0.05, 0.1) is 24.5 Å². The van der Waals surface area contributed by atoms with Crippen molar-refractivity contribution in [1.29, 1.82) is 0 Å². The molecule has 9 heteroatoms. The lowest BCUT2D eigenvalue weighted by Gasteiger charge is -2.27. The molecule has 0 spiro atoms. The average Bonchev–Trinajstić information content (AvgIpc) is 3.67. The van der Waals surface area contributed by atoms with Crippen molar-refractivity contribution in [2.75, 3.05) is 36.9 Å². The number of carbonyl (C=O) groups is 1. The van der Waals surface area contributed by atoms with Crippen molar-refractivity contribution in [3.05, 3.63) is 73.8 Å². The number of nitrogens with zero attached hydrogens (tertiary/aromatic N) is 1. The molecule has 0 aromatic heterocycles. The standard InChI is InChI=1S/C24H22FN3O5/c25-15-4-2-5-16(18(15)13-7-8-13)26-19-20(23(31)22(19)30)27-17-6-1-3-14(21(17)29)24(32)28-9-11-33-12-10-28/h1-6,13,26-27,29H,7-12H2. The summed E-state index contributed by atoms with van der Waals surface area (Å²) in [5, 5.41) is 16.4. The van der Waals surface area contributed by atoms with E-state index in [9.17, 15) is 23.9 Å². The topological polar surface area (TPSA) is 108 Å². The molecule has 3 aromatic carbocycles. The predicted octanol–water partition coefficient (Wildman–Crippen LogP) is 2.96. The van der Waals surface area contributed by atoms with Crippen LogP contribution in [-0.2, 0) is 4.74 Å². The Bertz CT molecular complexity index is 1300. The number of halogens is 1. The molecule has 1 saturated heterocycles. The van der Waals surface area contributed by atoms with E-state index in [1.165, 1.54) is 24.3 Å². The number of amides is 1. The first kappa shape index (κ1) is 21.1. The number of hydrogen-bond acceptors (Lipinski definition) is 7. The summed E-state index contributed by atoms with van der Waals surface area (Å²) in [6, 6.07) is 9.14. The Labute approximate surface area is 188 Å². The molecule has 5 rings (SSSR count). The van der Waals surface area contributed by atoms with Gasteiger partial charge < -0.3 is 25.4 Å². The summed E-state index contributed by atoms with van der Waals surface area (Å²) >= 11 is 0. The van der Waals surface area contributed by atoms with Crippen molar-refractivity contribution in [3.63, 3.8) is 0 Å². The van der Waals surface area contributed by atoms with Crippen LogP contribution in [0.2, 0.25) is 0 Å². The quantitative estimate of drug-likeness (QED) is 0.391. The van der Waals surface area contributed by atoms with E-state index >= 15 is 0 Å². The fraction of sp³-hybridized carbons (Fsp3) is 0.292. The van der Waals surface area contributed by atoms with E-state index in [0.29, 0.717) is 37.6 Å². The summed E-state index contributed by atoms with van der Waals surface area (Å²) in [6.07, 6.45) is 1.73. The molecule has 3 aromatic rings. The van der Waals surface area contributed by atoms with Gasteiger partial charge in [-0.1, -0.05) is 12.1 Å². The maximum Gasteiger partial charge on any atom is 0.257 e. The van der Waals surface area contributed by atoms with Crippen molar-refractivity contribution in [2.45, 2.75) is 18.8 Å². The molecule has 8 nitrogen and oxygen atoms in total. The normalized spacial score (nSPS) is 16.1. The number of nitrogens with one attached hydrogen (secondary N) is 2. The molecule has 1 aliphatic carbocycles. The number of aromatic hydroxyl groups is 1. The molecule has 1 amide bonds. The molecular weight excluding hydrogens is 429 g/mol. The van der Waals surface area contributed by atoms with E-state index < -0.39 is 10.9 Å². The van der Waals surface area contributed by atoms with Gasteiger partial charge in [-0.3, -0.25) is 14.4 Å². The van der Waals surface area contributed by atoms with Gasteiger partial charge in [0.15, 0.2) is 5.75 Å². The third-order valence-corrected chi connectivity index (χ3v) is 6.03. The van der Waals surface area contributed by atoms with Crippen molar-refractivity contribution < 1.29 is 19.0 Å². The minimum absolute atomic E-state index is 0.00295. The molecule has 1 heterocycles. The minimum atomic E-state index is -0.758. The summed E-state index contributed by atoms with van der Waals surface area (Å²) in [6.45, 7) is 1.68. The number of para-hydroxylation sites is 1. The van der Waals surface area contributed by atoms with Gasteiger partial charge in [0.1, 0.15) is 17.2 Å². The van der Waals surface area contributed by atoms with Gasteiger partial charge in [0.25, 0.3) is 16.8 Å². The summed E-state index contributed by atoms with van der Waals surface area (Å²) < 4.78 is 19.6. The molecule has 0 unspecified atom stereocenters. The maximum absolute atomic E-state index is 14.4. The van der Waals surface area contributed by atoms with Crippen LogP contribution < -0.4 is 21.5 Å². The lowest BCUT2D eigenvalue weighted by Crippen LogP contribution is -2.40. The number of anilines is 4. The molecule has 0 bridgehead atoms. The maximum atomic E-state index is 14.4. The second-order valence-corrected chi connectivity index (χ2v) is 8.24. The van der Waals surface area contributed by atoms with Crippen LogP contribution in [0.4, 0.5) is 27.1 Å². The molecule has 0 atom stereocenters. The SMILES string of the molecule is O=C(c1cccc(Nc2c(Nc3cccc(F)c3C3CC3)c(=O)c2=O)c1O)N1CCOCC1. The van der Waals surface area contributed by atoms with Crippen LogP contribution >= 0.6 is 0 Å². The highest BCUT2D eigenvalue weighted by molar-refractivity contribution is 5.99. The Morgan fingerprint density at radius 2 is 1.58 bits per heavy atom.